The average molecular weight is 439 g/mol. The van der Waals surface area contributed by atoms with E-state index >= 15 is 0 Å². The molecule has 1 aliphatic heterocycles. The van der Waals surface area contributed by atoms with Crippen LogP contribution in [0.5, 0.6) is 0 Å². The van der Waals surface area contributed by atoms with Crippen molar-refractivity contribution in [2.24, 2.45) is 4.99 Å². The third-order valence-corrected chi connectivity index (χ3v) is 4.43. The number of non-ortho nitro benzene ring substituents is 1. The van der Waals surface area contributed by atoms with Gasteiger partial charge >= 0.3 is 5.97 Å². The number of rotatable bonds is 4. The number of nitro benzene ring substituents is 1. The minimum absolute atomic E-state index is 0.0311. The van der Waals surface area contributed by atoms with Crippen LogP contribution in [-0.4, -0.2) is 16.8 Å². The molecule has 7 nitrogen and oxygen atoms in total. The van der Waals surface area contributed by atoms with Gasteiger partial charge in [0.05, 0.1) is 4.92 Å². The van der Waals surface area contributed by atoms with E-state index in [1.807, 2.05) is 12.1 Å². The molecule has 3 aromatic rings. The van der Waals surface area contributed by atoms with E-state index in [0.717, 1.165) is 4.47 Å². The molecule has 0 amide bonds. The summed E-state index contributed by atoms with van der Waals surface area (Å²) in [7, 11) is 0. The lowest BCUT2D eigenvalue weighted by atomic mass is 10.1. The molecule has 0 radical (unpaired) electrons. The molecule has 1 aliphatic rings. The first-order valence-electron chi connectivity index (χ1n) is 8.13. The number of benzene rings is 2. The first-order chi connectivity index (χ1) is 13.5. The topological polar surface area (TPSA) is 94.9 Å². The Balaban J connectivity index is 1.62. The molecule has 2 heterocycles. The number of cyclic esters (lactones) is 1. The zero-order valence-electron chi connectivity index (χ0n) is 14.2. The minimum Gasteiger partial charge on any atom is -0.457 e. The molecule has 0 bridgehead atoms. The van der Waals surface area contributed by atoms with E-state index in [4.69, 9.17) is 9.15 Å². The van der Waals surface area contributed by atoms with Crippen LogP contribution in [0.4, 0.5) is 5.69 Å². The summed E-state index contributed by atoms with van der Waals surface area (Å²) in [5, 5.41) is 10.9. The maximum absolute atomic E-state index is 12.1. The molecule has 0 aliphatic carbocycles. The van der Waals surface area contributed by atoms with Crippen LogP contribution < -0.4 is 0 Å². The van der Waals surface area contributed by atoms with E-state index in [2.05, 4.69) is 20.9 Å². The van der Waals surface area contributed by atoms with Gasteiger partial charge in [0.25, 0.3) is 5.69 Å². The number of ether oxygens (including phenoxy) is 1. The van der Waals surface area contributed by atoms with Crippen LogP contribution in [0.15, 0.2) is 80.2 Å². The van der Waals surface area contributed by atoms with Gasteiger partial charge in [0, 0.05) is 33.8 Å². The molecule has 28 heavy (non-hydrogen) atoms. The van der Waals surface area contributed by atoms with E-state index in [1.54, 1.807) is 36.4 Å². The lowest BCUT2D eigenvalue weighted by Crippen LogP contribution is -2.05. The summed E-state index contributed by atoms with van der Waals surface area (Å²) >= 11 is 3.36. The zero-order chi connectivity index (χ0) is 19.7. The molecule has 138 valence electrons. The van der Waals surface area contributed by atoms with Gasteiger partial charge in [0.2, 0.25) is 5.90 Å². The van der Waals surface area contributed by atoms with Crippen LogP contribution in [0.2, 0.25) is 0 Å². The molecule has 0 saturated carbocycles. The van der Waals surface area contributed by atoms with Gasteiger partial charge in [-0.05, 0) is 30.3 Å². The largest absolute Gasteiger partial charge is 0.457 e. The van der Waals surface area contributed by atoms with Gasteiger partial charge in [-0.25, -0.2) is 9.79 Å². The van der Waals surface area contributed by atoms with Crippen molar-refractivity contribution in [2.75, 3.05) is 0 Å². The Labute approximate surface area is 167 Å². The van der Waals surface area contributed by atoms with E-state index < -0.39 is 10.9 Å². The van der Waals surface area contributed by atoms with Crippen LogP contribution in [0.25, 0.3) is 17.4 Å². The number of hydrogen-bond acceptors (Lipinski definition) is 6. The molecule has 2 aromatic carbocycles. The SMILES string of the molecule is O=C1OC(c2cccc(Br)c2)=NC1=Cc1ccc(-c2cccc([N+](=O)[O-])c2)o1. The number of carbonyl (C=O) groups is 1. The monoisotopic (exact) mass is 438 g/mol. The van der Waals surface area contributed by atoms with Crippen molar-refractivity contribution in [3.63, 3.8) is 0 Å². The number of furan rings is 1. The van der Waals surface area contributed by atoms with Crippen LogP contribution in [0.1, 0.15) is 11.3 Å². The smallest absolute Gasteiger partial charge is 0.363 e. The maximum atomic E-state index is 12.1. The third kappa shape index (κ3) is 3.63. The molecule has 0 saturated heterocycles. The molecule has 0 unspecified atom stereocenters. The number of carbonyl (C=O) groups excluding carboxylic acids is 1. The zero-order valence-corrected chi connectivity index (χ0v) is 15.8. The van der Waals surface area contributed by atoms with Gasteiger partial charge < -0.3 is 9.15 Å². The Morgan fingerprint density at radius 3 is 2.61 bits per heavy atom. The highest BCUT2D eigenvalue weighted by Gasteiger charge is 2.24. The molecular weight excluding hydrogens is 428 g/mol. The van der Waals surface area contributed by atoms with Gasteiger partial charge in [0.15, 0.2) is 5.70 Å². The Hall–Kier alpha value is -3.52. The Bertz CT molecular complexity index is 1160. The number of esters is 1. The predicted molar refractivity (Wildman–Crippen MR) is 106 cm³/mol. The Morgan fingerprint density at radius 1 is 1.04 bits per heavy atom. The van der Waals surface area contributed by atoms with Crippen LogP contribution in [-0.2, 0) is 9.53 Å². The van der Waals surface area contributed by atoms with E-state index in [-0.39, 0.29) is 17.3 Å². The highest BCUT2D eigenvalue weighted by Crippen LogP contribution is 2.27. The fourth-order valence-electron chi connectivity index (χ4n) is 2.65. The summed E-state index contributed by atoms with van der Waals surface area (Å²) in [4.78, 5) is 26.8. The van der Waals surface area contributed by atoms with Crippen LogP contribution >= 0.6 is 15.9 Å². The highest BCUT2D eigenvalue weighted by molar-refractivity contribution is 9.10. The van der Waals surface area contributed by atoms with Gasteiger partial charge in [-0.15, -0.1) is 0 Å². The molecule has 8 heteroatoms. The van der Waals surface area contributed by atoms with Gasteiger partial charge in [0.1, 0.15) is 11.5 Å². The Morgan fingerprint density at radius 2 is 1.82 bits per heavy atom. The van der Waals surface area contributed by atoms with Crippen molar-refractivity contribution >= 4 is 39.6 Å². The maximum Gasteiger partial charge on any atom is 0.363 e. The minimum atomic E-state index is -0.580. The second-order valence-corrected chi connectivity index (χ2v) is 6.77. The van der Waals surface area contributed by atoms with Crippen molar-refractivity contribution in [3.05, 3.63) is 92.3 Å². The average Bonchev–Trinajstić information content (AvgIpc) is 3.29. The number of hydrogen-bond donors (Lipinski definition) is 0. The molecule has 4 rings (SSSR count). The highest BCUT2D eigenvalue weighted by atomic mass is 79.9. The number of halogens is 1. The van der Waals surface area contributed by atoms with E-state index in [1.165, 1.54) is 18.2 Å². The summed E-state index contributed by atoms with van der Waals surface area (Å²) in [6, 6.07) is 16.7. The lowest BCUT2D eigenvalue weighted by molar-refractivity contribution is -0.384. The van der Waals surface area contributed by atoms with Crippen molar-refractivity contribution in [3.8, 4) is 11.3 Å². The van der Waals surface area contributed by atoms with Gasteiger partial charge in [-0.2, -0.15) is 0 Å². The first-order valence-corrected chi connectivity index (χ1v) is 8.92. The fraction of sp³-hybridized carbons (Fsp3) is 0. The molecule has 0 fully saturated rings. The van der Waals surface area contributed by atoms with Crippen LogP contribution in [0.3, 0.4) is 0 Å². The summed E-state index contributed by atoms with van der Waals surface area (Å²) in [5.41, 5.74) is 1.31. The summed E-state index contributed by atoms with van der Waals surface area (Å²) in [6.45, 7) is 0. The van der Waals surface area contributed by atoms with Crippen molar-refractivity contribution in [1.29, 1.82) is 0 Å². The van der Waals surface area contributed by atoms with Crippen molar-refractivity contribution in [1.82, 2.24) is 0 Å². The van der Waals surface area contributed by atoms with Crippen molar-refractivity contribution in [2.45, 2.75) is 0 Å². The molecule has 0 spiro atoms. The number of aliphatic imine (C=N–C) groups is 1. The lowest BCUT2D eigenvalue weighted by Gasteiger charge is -1.99. The second kappa shape index (κ2) is 7.24. The van der Waals surface area contributed by atoms with E-state index in [9.17, 15) is 14.9 Å². The van der Waals surface area contributed by atoms with Gasteiger partial charge in [-0.1, -0.05) is 34.1 Å². The second-order valence-electron chi connectivity index (χ2n) is 5.86. The molecule has 1 aromatic heterocycles. The predicted octanol–water partition coefficient (Wildman–Crippen LogP) is 4.96. The molecule has 0 atom stereocenters. The summed E-state index contributed by atoms with van der Waals surface area (Å²) in [5.74, 6) is 0.456. The summed E-state index contributed by atoms with van der Waals surface area (Å²) in [6.07, 6.45) is 1.47. The third-order valence-electron chi connectivity index (χ3n) is 3.94. The molecular formula is C20H11BrN2O5. The van der Waals surface area contributed by atoms with E-state index in [0.29, 0.717) is 22.6 Å². The fourth-order valence-corrected chi connectivity index (χ4v) is 3.05. The number of nitrogens with zero attached hydrogens (tertiary/aromatic N) is 2. The first kappa shape index (κ1) is 17.9. The van der Waals surface area contributed by atoms with Crippen molar-refractivity contribution < 1.29 is 18.9 Å². The number of nitro groups is 1. The molecule has 0 N–H and O–H groups in total. The summed E-state index contributed by atoms with van der Waals surface area (Å²) < 4.78 is 11.8. The van der Waals surface area contributed by atoms with Gasteiger partial charge in [-0.3, -0.25) is 10.1 Å². The normalized spacial score (nSPS) is 14.8. The van der Waals surface area contributed by atoms with Crippen LogP contribution in [0, 0.1) is 10.1 Å². The quantitative estimate of drug-likeness (QED) is 0.248. The standard InChI is InChI=1S/C20H11BrN2O5/c21-14-5-1-4-13(9-14)19-22-17(20(24)28-19)11-16-7-8-18(27-16)12-3-2-6-15(10-12)23(25)26/h1-11H. The Kier molecular flexibility index (Phi) is 4.62.